The van der Waals surface area contributed by atoms with Gasteiger partial charge in [-0.1, -0.05) is 24.3 Å². The average Bonchev–Trinajstić information content (AvgIpc) is 2.31. The van der Waals surface area contributed by atoms with Gasteiger partial charge >= 0.3 is 0 Å². The smallest absolute Gasteiger partial charge is 0.0716 e. The molecule has 0 bridgehead atoms. The van der Waals surface area contributed by atoms with Crippen LogP contribution < -0.4 is 5.32 Å². The number of ether oxygens (including phenoxy) is 1. The van der Waals surface area contributed by atoms with Gasteiger partial charge < -0.3 is 15.2 Å². The highest BCUT2D eigenvalue weighted by Gasteiger charge is 2.00. The zero-order valence-electron chi connectivity index (χ0n) is 9.91. The molecule has 3 nitrogen and oxygen atoms in total. The number of nitrogens with one attached hydrogen (secondary N) is 1. The molecule has 0 unspecified atom stereocenters. The second-order valence-electron chi connectivity index (χ2n) is 3.81. The molecule has 90 valence electrons. The summed E-state index contributed by atoms with van der Waals surface area (Å²) < 4.78 is 5.15. The SMILES string of the molecule is COCc1ccccc1CNCCCCO. The summed E-state index contributed by atoms with van der Waals surface area (Å²) in [5.74, 6) is 0. The zero-order valence-corrected chi connectivity index (χ0v) is 9.91. The summed E-state index contributed by atoms with van der Waals surface area (Å²) >= 11 is 0. The summed E-state index contributed by atoms with van der Waals surface area (Å²) in [6.07, 6.45) is 1.88. The third-order valence-corrected chi connectivity index (χ3v) is 2.50. The molecule has 2 N–H and O–H groups in total. The quantitative estimate of drug-likeness (QED) is 0.659. The highest BCUT2D eigenvalue weighted by molar-refractivity contribution is 5.26. The maximum absolute atomic E-state index is 8.65. The van der Waals surface area contributed by atoms with Gasteiger partial charge in [-0.25, -0.2) is 0 Å². The van der Waals surface area contributed by atoms with Gasteiger partial charge in [-0.2, -0.15) is 0 Å². The monoisotopic (exact) mass is 223 g/mol. The van der Waals surface area contributed by atoms with Gasteiger partial charge in [0.2, 0.25) is 0 Å². The van der Waals surface area contributed by atoms with Crippen molar-refractivity contribution in [2.75, 3.05) is 20.3 Å². The molecule has 0 atom stereocenters. The minimum absolute atomic E-state index is 0.280. The highest BCUT2D eigenvalue weighted by atomic mass is 16.5. The summed E-state index contributed by atoms with van der Waals surface area (Å²) in [4.78, 5) is 0. The molecule has 0 aliphatic rings. The highest BCUT2D eigenvalue weighted by Crippen LogP contribution is 2.09. The molecule has 0 saturated heterocycles. The first-order valence-corrected chi connectivity index (χ1v) is 5.75. The Bertz CT molecular complexity index is 289. The largest absolute Gasteiger partial charge is 0.396 e. The third kappa shape index (κ3) is 4.75. The number of methoxy groups -OCH3 is 1. The van der Waals surface area contributed by atoms with Crippen molar-refractivity contribution in [2.24, 2.45) is 0 Å². The van der Waals surface area contributed by atoms with E-state index in [-0.39, 0.29) is 6.61 Å². The normalized spacial score (nSPS) is 10.6. The van der Waals surface area contributed by atoms with Crippen LogP contribution >= 0.6 is 0 Å². The van der Waals surface area contributed by atoms with Gasteiger partial charge in [-0.3, -0.25) is 0 Å². The lowest BCUT2D eigenvalue weighted by Crippen LogP contribution is -2.16. The molecular weight excluding hydrogens is 202 g/mol. The number of benzene rings is 1. The second-order valence-corrected chi connectivity index (χ2v) is 3.81. The van der Waals surface area contributed by atoms with Crippen molar-refractivity contribution >= 4 is 0 Å². The van der Waals surface area contributed by atoms with E-state index in [1.165, 1.54) is 11.1 Å². The Kier molecular flexibility index (Phi) is 6.81. The van der Waals surface area contributed by atoms with Crippen LogP contribution in [0.25, 0.3) is 0 Å². The zero-order chi connectivity index (χ0) is 11.6. The van der Waals surface area contributed by atoms with Crippen molar-refractivity contribution in [3.63, 3.8) is 0 Å². The van der Waals surface area contributed by atoms with E-state index in [2.05, 4.69) is 17.4 Å². The fraction of sp³-hybridized carbons (Fsp3) is 0.538. The molecule has 1 rings (SSSR count). The van der Waals surface area contributed by atoms with Crippen molar-refractivity contribution in [3.05, 3.63) is 35.4 Å². The summed E-state index contributed by atoms with van der Waals surface area (Å²) in [5, 5.41) is 12.0. The summed E-state index contributed by atoms with van der Waals surface area (Å²) in [6.45, 7) is 2.75. The molecule has 0 fully saturated rings. The summed E-state index contributed by atoms with van der Waals surface area (Å²) in [5.41, 5.74) is 2.52. The van der Waals surface area contributed by atoms with Crippen LogP contribution in [0.5, 0.6) is 0 Å². The summed E-state index contributed by atoms with van der Waals surface area (Å²) in [7, 11) is 1.71. The standard InChI is InChI=1S/C13H21NO2/c1-16-11-13-7-3-2-6-12(13)10-14-8-4-5-9-15/h2-3,6-7,14-15H,4-5,8-11H2,1H3. The predicted molar refractivity (Wildman–Crippen MR) is 65.2 cm³/mol. The Morgan fingerprint density at radius 1 is 1.19 bits per heavy atom. The van der Waals surface area contributed by atoms with Gasteiger partial charge in [0.05, 0.1) is 6.61 Å². The maximum atomic E-state index is 8.65. The molecule has 0 heterocycles. The van der Waals surface area contributed by atoms with Crippen LogP contribution in [0, 0.1) is 0 Å². The van der Waals surface area contributed by atoms with E-state index < -0.39 is 0 Å². The molecule has 0 saturated carbocycles. The number of hydrogen-bond donors (Lipinski definition) is 2. The Hall–Kier alpha value is -0.900. The number of aliphatic hydroxyl groups excluding tert-OH is 1. The van der Waals surface area contributed by atoms with Gasteiger partial charge in [-0.15, -0.1) is 0 Å². The van der Waals surface area contributed by atoms with Crippen LogP contribution in [-0.2, 0) is 17.9 Å². The number of aliphatic hydroxyl groups is 1. The van der Waals surface area contributed by atoms with Crippen LogP contribution in [0.1, 0.15) is 24.0 Å². The van der Waals surface area contributed by atoms with Crippen LogP contribution in [0.2, 0.25) is 0 Å². The van der Waals surface area contributed by atoms with Crippen molar-refractivity contribution in [3.8, 4) is 0 Å². The van der Waals surface area contributed by atoms with E-state index in [0.717, 1.165) is 25.9 Å². The van der Waals surface area contributed by atoms with Crippen molar-refractivity contribution in [2.45, 2.75) is 26.0 Å². The van der Waals surface area contributed by atoms with Gasteiger partial charge in [-0.05, 0) is 30.5 Å². The minimum atomic E-state index is 0.280. The van der Waals surface area contributed by atoms with E-state index in [9.17, 15) is 0 Å². The molecule has 1 aromatic carbocycles. The number of rotatable bonds is 8. The molecule has 3 heteroatoms. The summed E-state index contributed by atoms with van der Waals surface area (Å²) in [6, 6.07) is 8.29. The van der Waals surface area contributed by atoms with E-state index in [1.807, 2.05) is 12.1 Å². The van der Waals surface area contributed by atoms with Crippen LogP contribution in [0.4, 0.5) is 0 Å². The first-order valence-electron chi connectivity index (χ1n) is 5.75. The van der Waals surface area contributed by atoms with Gasteiger partial charge in [0, 0.05) is 20.3 Å². The van der Waals surface area contributed by atoms with E-state index in [4.69, 9.17) is 9.84 Å². The van der Waals surface area contributed by atoms with Gasteiger partial charge in [0.25, 0.3) is 0 Å². The Morgan fingerprint density at radius 2 is 1.94 bits per heavy atom. The number of hydrogen-bond acceptors (Lipinski definition) is 3. The maximum Gasteiger partial charge on any atom is 0.0716 e. The second kappa shape index (κ2) is 8.28. The molecule has 0 aliphatic heterocycles. The van der Waals surface area contributed by atoms with Gasteiger partial charge in [0.1, 0.15) is 0 Å². The Labute approximate surface area is 97.4 Å². The average molecular weight is 223 g/mol. The Morgan fingerprint density at radius 3 is 2.62 bits per heavy atom. The van der Waals surface area contributed by atoms with Crippen molar-refractivity contribution in [1.82, 2.24) is 5.32 Å². The van der Waals surface area contributed by atoms with Crippen LogP contribution in [-0.4, -0.2) is 25.4 Å². The molecule has 16 heavy (non-hydrogen) atoms. The van der Waals surface area contributed by atoms with Crippen molar-refractivity contribution in [1.29, 1.82) is 0 Å². The third-order valence-electron chi connectivity index (χ3n) is 2.50. The first-order chi connectivity index (χ1) is 7.88. The minimum Gasteiger partial charge on any atom is -0.396 e. The molecular formula is C13H21NO2. The Balaban J connectivity index is 2.34. The predicted octanol–water partition coefficient (Wildman–Crippen LogP) is 1.70. The molecule has 0 amide bonds. The van der Waals surface area contributed by atoms with E-state index in [0.29, 0.717) is 6.61 Å². The first kappa shape index (κ1) is 13.2. The fourth-order valence-corrected chi connectivity index (χ4v) is 1.61. The number of unbranched alkanes of at least 4 members (excludes halogenated alkanes) is 1. The molecule has 0 aromatic heterocycles. The molecule has 0 spiro atoms. The lowest BCUT2D eigenvalue weighted by Gasteiger charge is -2.09. The lowest BCUT2D eigenvalue weighted by molar-refractivity contribution is 0.184. The van der Waals surface area contributed by atoms with Crippen LogP contribution in [0.15, 0.2) is 24.3 Å². The molecule has 1 aromatic rings. The topological polar surface area (TPSA) is 41.5 Å². The lowest BCUT2D eigenvalue weighted by atomic mass is 10.1. The van der Waals surface area contributed by atoms with E-state index in [1.54, 1.807) is 7.11 Å². The molecule has 0 aliphatic carbocycles. The van der Waals surface area contributed by atoms with E-state index >= 15 is 0 Å². The van der Waals surface area contributed by atoms with Crippen LogP contribution in [0.3, 0.4) is 0 Å². The fourth-order valence-electron chi connectivity index (χ4n) is 1.61. The molecule has 0 radical (unpaired) electrons. The van der Waals surface area contributed by atoms with Crippen molar-refractivity contribution < 1.29 is 9.84 Å². The van der Waals surface area contributed by atoms with Gasteiger partial charge in [0.15, 0.2) is 0 Å².